The van der Waals surface area contributed by atoms with E-state index in [4.69, 9.17) is 10.5 Å². The number of esters is 1. The summed E-state index contributed by atoms with van der Waals surface area (Å²) in [6.07, 6.45) is 6.96. The van der Waals surface area contributed by atoms with E-state index in [1.807, 2.05) is 6.92 Å². The molecular formula is C14H27NO2. The molecule has 0 rings (SSSR count). The Kier molecular flexibility index (Phi) is 9.59. The molecule has 0 fully saturated rings. The van der Waals surface area contributed by atoms with Gasteiger partial charge in [-0.05, 0) is 32.6 Å². The molecule has 0 saturated carbocycles. The van der Waals surface area contributed by atoms with Gasteiger partial charge in [0.15, 0.2) is 0 Å². The molecule has 0 heterocycles. The van der Waals surface area contributed by atoms with Crippen LogP contribution in [-0.4, -0.2) is 12.6 Å². The monoisotopic (exact) mass is 241 g/mol. The molecule has 0 aliphatic heterocycles. The molecule has 2 N–H and O–H groups in total. The molecule has 0 saturated heterocycles. The number of allylic oxidation sites excluding steroid dienone is 1. The molecular weight excluding hydrogens is 214 g/mol. The van der Waals surface area contributed by atoms with E-state index in [1.165, 1.54) is 0 Å². The summed E-state index contributed by atoms with van der Waals surface area (Å²) in [4.78, 5) is 11.8. The topological polar surface area (TPSA) is 52.3 Å². The summed E-state index contributed by atoms with van der Waals surface area (Å²) >= 11 is 0. The SMILES string of the molecule is CCCCC/C(C(=O)OCC)=C(\N)CCCC. The van der Waals surface area contributed by atoms with E-state index in [-0.39, 0.29) is 5.97 Å². The van der Waals surface area contributed by atoms with Crippen molar-refractivity contribution >= 4 is 5.97 Å². The zero-order valence-electron chi connectivity index (χ0n) is 11.6. The van der Waals surface area contributed by atoms with Gasteiger partial charge in [0.1, 0.15) is 0 Å². The van der Waals surface area contributed by atoms with Crippen molar-refractivity contribution in [3.05, 3.63) is 11.3 Å². The Morgan fingerprint density at radius 2 is 1.65 bits per heavy atom. The van der Waals surface area contributed by atoms with Crippen molar-refractivity contribution in [2.24, 2.45) is 5.73 Å². The van der Waals surface area contributed by atoms with Crippen molar-refractivity contribution < 1.29 is 9.53 Å². The van der Waals surface area contributed by atoms with Gasteiger partial charge in [-0.15, -0.1) is 0 Å². The highest BCUT2D eigenvalue weighted by molar-refractivity contribution is 5.89. The smallest absolute Gasteiger partial charge is 0.335 e. The van der Waals surface area contributed by atoms with Crippen molar-refractivity contribution in [3.8, 4) is 0 Å². The predicted molar refractivity (Wildman–Crippen MR) is 71.5 cm³/mol. The average molecular weight is 241 g/mol. The highest BCUT2D eigenvalue weighted by Crippen LogP contribution is 2.16. The standard InChI is InChI=1S/C14H27NO2/c1-4-7-9-10-12(14(16)17-6-3)13(15)11-8-5-2/h4-11,15H2,1-3H3/b13-12+. The predicted octanol–water partition coefficient (Wildman–Crippen LogP) is 3.53. The highest BCUT2D eigenvalue weighted by atomic mass is 16.5. The molecule has 0 aliphatic rings. The van der Waals surface area contributed by atoms with Gasteiger partial charge in [0.25, 0.3) is 0 Å². The molecule has 0 amide bonds. The Hall–Kier alpha value is -0.990. The Morgan fingerprint density at radius 3 is 2.18 bits per heavy atom. The van der Waals surface area contributed by atoms with Crippen LogP contribution in [-0.2, 0) is 9.53 Å². The summed E-state index contributed by atoms with van der Waals surface area (Å²) in [7, 11) is 0. The normalized spacial score (nSPS) is 12.2. The van der Waals surface area contributed by atoms with Crippen LogP contribution < -0.4 is 5.73 Å². The molecule has 3 nitrogen and oxygen atoms in total. The first-order valence-corrected chi connectivity index (χ1v) is 6.81. The second kappa shape index (κ2) is 10.2. The lowest BCUT2D eigenvalue weighted by atomic mass is 10.0. The maximum Gasteiger partial charge on any atom is 0.335 e. The number of unbranched alkanes of at least 4 members (excludes halogenated alkanes) is 3. The average Bonchev–Trinajstić information content (AvgIpc) is 2.32. The zero-order chi connectivity index (χ0) is 13.1. The number of rotatable bonds is 9. The van der Waals surface area contributed by atoms with Gasteiger partial charge in [-0.3, -0.25) is 0 Å². The van der Waals surface area contributed by atoms with Crippen LogP contribution in [0.5, 0.6) is 0 Å². The van der Waals surface area contributed by atoms with Crippen molar-refractivity contribution in [2.45, 2.75) is 65.7 Å². The van der Waals surface area contributed by atoms with E-state index in [9.17, 15) is 4.79 Å². The minimum absolute atomic E-state index is 0.225. The Labute approximate surface area is 105 Å². The van der Waals surface area contributed by atoms with E-state index < -0.39 is 0 Å². The Bertz CT molecular complexity index is 247. The van der Waals surface area contributed by atoms with Crippen molar-refractivity contribution in [1.82, 2.24) is 0 Å². The van der Waals surface area contributed by atoms with E-state index in [2.05, 4.69) is 13.8 Å². The zero-order valence-corrected chi connectivity index (χ0v) is 11.6. The quantitative estimate of drug-likeness (QED) is 0.381. The van der Waals surface area contributed by atoms with Crippen LogP contribution in [0.4, 0.5) is 0 Å². The maximum absolute atomic E-state index is 11.8. The lowest BCUT2D eigenvalue weighted by Gasteiger charge is -2.11. The second-order valence-electron chi connectivity index (χ2n) is 4.28. The largest absolute Gasteiger partial charge is 0.463 e. The summed E-state index contributed by atoms with van der Waals surface area (Å²) < 4.78 is 5.06. The van der Waals surface area contributed by atoms with Crippen molar-refractivity contribution in [2.75, 3.05) is 6.61 Å². The lowest BCUT2D eigenvalue weighted by molar-refractivity contribution is -0.138. The first-order valence-electron chi connectivity index (χ1n) is 6.81. The van der Waals surface area contributed by atoms with Crippen molar-refractivity contribution in [3.63, 3.8) is 0 Å². The molecule has 0 aromatic heterocycles. The fourth-order valence-corrected chi connectivity index (χ4v) is 1.68. The summed E-state index contributed by atoms with van der Waals surface area (Å²) in [6.45, 7) is 6.50. The van der Waals surface area contributed by atoms with Crippen LogP contribution in [0, 0.1) is 0 Å². The highest BCUT2D eigenvalue weighted by Gasteiger charge is 2.14. The van der Waals surface area contributed by atoms with Crippen LogP contribution >= 0.6 is 0 Å². The fourth-order valence-electron chi connectivity index (χ4n) is 1.68. The number of carbonyl (C=O) groups is 1. The van der Waals surface area contributed by atoms with Crippen molar-refractivity contribution in [1.29, 1.82) is 0 Å². The van der Waals surface area contributed by atoms with Gasteiger partial charge < -0.3 is 10.5 Å². The minimum Gasteiger partial charge on any atom is -0.463 e. The number of carbonyl (C=O) groups excluding carboxylic acids is 1. The fraction of sp³-hybridized carbons (Fsp3) is 0.786. The van der Waals surface area contributed by atoms with Gasteiger partial charge in [-0.1, -0.05) is 33.1 Å². The Balaban J connectivity index is 4.51. The van der Waals surface area contributed by atoms with Crippen LogP contribution in [0.3, 0.4) is 0 Å². The number of hydrogen-bond acceptors (Lipinski definition) is 3. The first-order chi connectivity index (χ1) is 8.17. The molecule has 100 valence electrons. The molecule has 0 aromatic rings. The third kappa shape index (κ3) is 7.03. The van der Waals surface area contributed by atoms with Gasteiger partial charge in [0.05, 0.1) is 12.2 Å². The molecule has 0 atom stereocenters. The molecule has 0 aliphatic carbocycles. The molecule has 0 radical (unpaired) electrons. The van der Waals surface area contributed by atoms with Gasteiger partial charge in [0.2, 0.25) is 0 Å². The first kappa shape index (κ1) is 16.0. The molecule has 0 bridgehead atoms. The molecule has 0 spiro atoms. The number of nitrogens with two attached hydrogens (primary N) is 1. The molecule has 0 unspecified atom stereocenters. The van der Waals surface area contributed by atoms with Crippen LogP contribution in [0.1, 0.15) is 65.7 Å². The summed E-state index contributed by atoms with van der Waals surface area (Å²) in [5.74, 6) is -0.225. The second-order valence-corrected chi connectivity index (χ2v) is 4.28. The minimum atomic E-state index is -0.225. The lowest BCUT2D eigenvalue weighted by Crippen LogP contribution is -2.14. The number of ether oxygens (including phenoxy) is 1. The molecule has 17 heavy (non-hydrogen) atoms. The summed E-state index contributed by atoms with van der Waals surface area (Å²) in [5, 5.41) is 0. The maximum atomic E-state index is 11.8. The van der Waals surface area contributed by atoms with E-state index in [1.54, 1.807) is 0 Å². The summed E-state index contributed by atoms with van der Waals surface area (Å²) in [6, 6.07) is 0. The van der Waals surface area contributed by atoms with E-state index >= 15 is 0 Å². The molecule has 3 heteroatoms. The van der Waals surface area contributed by atoms with Crippen LogP contribution in [0.2, 0.25) is 0 Å². The summed E-state index contributed by atoms with van der Waals surface area (Å²) in [5.41, 5.74) is 7.42. The third-order valence-electron chi connectivity index (χ3n) is 2.74. The van der Waals surface area contributed by atoms with Gasteiger partial charge >= 0.3 is 5.97 Å². The van der Waals surface area contributed by atoms with E-state index in [0.717, 1.165) is 50.6 Å². The van der Waals surface area contributed by atoms with Crippen LogP contribution in [0.25, 0.3) is 0 Å². The molecule has 0 aromatic carbocycles. The van der Waals surface area contributed by atoms with E-state index in [0.29, 0.717) is 12.2 Å². The van der Waals surface area contributed by atoms with Gasteiger partial charge in [-0.25, -0.2) is 4.79 Å². The Morgan fingerprint density at radius 1 is 1.00 bits per heavy atom. The van der Waals surface area contributed by atoms with Crippen LogP contribution in [0.15, 0.2) is 11.3 Å². The van der Waals surface area contributed by atoms with Gasteiger partial charge in [0, 0.05) is 5.70 Å². The third-order valence-corrected chi connectivity index (χ3v) is 2.74. The number of hydrogen-bond donors (Lipinski definition) is 1. The van der Waals surface area contributed by atoms with Gasteiger partial charge in [-0.2, -0.15) is 0 Å².